The van der Waals surface area contributed by atoms with Crippen molar-refractivity contribution in [3.63, 3.8) is 0 Å². The van der Waals surface area contributed by atoms with E-state index in [1.54, 1.807) is 19.2 Å². The topological polar surface area (TPSA) is 77.1 Å². The fourth-order valence-electron chi connectivity index (χ4n) is 4.78. The number of ether oxygens (including phenoxy) is 3. The standard InChI is InChI=1S/C31H32N2O5/c1-21-10-6-8-14-25(23-16-17-28-29(19-23)37-20-36-28)32-30(34)26(18-22-11-4-3-5-12-22)33(2)31(35)24-13-7-9-15-27(24)38-21/h3-9,11-13,15-17,19,21,25-26H,10,14,18,20H2,1-2H3,(H,32,34)/b8-6+/t21-,25+,26+/m0/s1. The third-order valence-corrected chi connectivity index (χ3v) is 6.93. The van der Waals surface area contributed by atoms with Crippen molar-refractivity contribution in [3.8, 4) is 17.2 Å². The number of amides is 2. The van der Waals surface area contributed by atoms with Gasteiger partial charge in [0.1, 0.15) is 11.8 Å². The average molecular weight is 513 g/mol. The first kappa shape index (κ1) is 25.4. The van der Waals surface area contributed by atoms with Crippen LogP contribution in [0.3, 0.4) is 0 Å². The molecule has 0 saturated carbocycles. The van der Waals surface area contributed by atoms with Crippen LogP contribution >= 0.6 is 0 Å². The number of nitrogens with zero attached hydrogens (tertiary/aromatic N) is 1. The highest BCUT2D eigenvalue weighted by molar-refractivity contribution is 5.99. The van der Waals surface area contributed by atoms with Gasteiger partial charge in [-0.25, -0.2) is 0 Å². The second kappa shape index (κ2) is 11.4. The Bertz CT molecular complexity index is 1320. The Balaban J connectivity index is 1.51. The van der Waals surface area contributed by atoms with E-state index in [0.29, 0.717) is 42.1 Å². The van der Waals surface area contributed by atoms with Crippen molar-refractivity contribution in [1.82, 2.24) is 10.2 Å². The highest BCUT2D eigenvalue weighted by Gasteiger charge is 2.31. The van der Waals surface area contributed by atoms with Crippen molar-refractivity contribution in [2.24, 2.45) is 0 Å². The van der Waals surface area contributed by atoms with Gasteiger partial charge in [-0.2, -0.15) is 0 Å². The molecule has 0 aromatic heterocycles. The minimum Gasteiger partial charge on any atom is -0.490 e. The minimum atomic E-state index is -0.737. The summed E-state index contributed by atoms with van der Waals surface area (Å²) in [5.74, 6) is 1.36. The molecule has 2 aliphatic heterocycles. The number of carbonyl (C=O) groups is 2. The van der Waals surface area contributed by atoms with Crippen LogP contribution in [0.4, 0.5) is 0 Å². The number of para-hydroxylation sites is 1. The van der Waals surface area contributed by atoms with Crippen LogP contribution in [-0.4, -0.2) is 42.7 Å². The molecule has 2 amide bonds. The molecule has 0 bridgehead atoms. The monoisotopic (exact) mass is 512 g/mol. The molecule has 3 aromatic carbocycles. The number of rotatable bonds is 3. The zero-order valence-electron chi connectivity index (χ0n) is 21.6. The largest absolute Gasteiger partial charge is 0.490 e. The molecule has 7 nitrogen and oxygen atoms in total. The van der Waals surface area contributed by atoms with Gasteiger partial charge in [-0.3, -0.25) is 9.59 Å². The number of carbonyl (C=O) groups excluding carboxylic acids is 2. The van der Waals surface area contributed by atoms with E-state index in [-0.39, 0.29) is 30.8 Å². The van der Waals surface area contributed by atoms with Crippen molar-refractivity contribution in [2.75, 3.05) is 13.8 Å². The van der Waals surface area contributed by atoms with Crippen LogP contribution in [-0.2, 0) is 11.2 Å². The summed E-state index contributed by atoms with van der Waals surface area (Å²) < 4.78 is 17.2. The maximum atomic E-state index is 13.9. The van der Waals surface area contributed by atoms with Crippen molar-refractivity contribution >= 4 is 11.8 Å². The van der Waals surface area contributed by atoms with Gasteiger partial charge in [0.2, 0.25) is 12.7 Å². The molecule has 0 aliphatic carbocycles. The third-order valence-electron chi connectivity index (χ3n) is 6.93. The average Bonchev–Trinajstić information content (AvgIpc) is 3.41. The maximum absolute atomic E-state index is 13.9. The Morgan fingerprint density at radius 1 is 0.868 bits per heavy atom. The maximum Gasteiger partial charge on any atom is 0.258 e. The number of likely N-dealkylation sites (N-methyl/N-ethyl adjacent to an activating group) is 1. The molecule has 0 saturated heterocycles. The van der Waals surface area contributed by atoms with Gasteiger partial charge in [0.05, 0.1) is 17.7 Å². The summed E-state index contributed by atoms with van der Waals surface area (Å²) in [6, 6.07) is 21.6. The van der Waals surface area contributed by atoms with Crippen LogP contribution < -0.4 is 19.5 Å². The Hall–Kier alpha value is -4.26. The van der Waals surface area contributed by atoms with E-state index >= 15 is 0 Å². The van der Waals surface area contributed by atoms with Gasteiger partial charge in [0.25, 0.3) is 5.91 Å². The minimum absolute atomic E-state index is 0.132. The van der Waals surface area contributed by atoms with Crippen LogP contribution in [0.1, 0.15) is 47.3 Å². The molecule has 1 N–H and O–H groups in total. The summed E-state index contributed by atoms with van der Waals surface area (Å²) in [4.78, 5) is 29.2. The Labute approximate surface area is 223 Å². The second-order valence-electron chi connectivity index (χ2n) is 9.66. The van der Waals surface area contributed by atoms with E-state index in [4.69, 9.17) is 14.2 Å². The smallest absolute Gasteiger partial charge is 0.258 e. The molecule has 2 heterocycles. The number of fused-ring (bicyclic) bond motifs is 2. The number of nitrogens with one attached hydrogen (secondary N) is 1. The van der Waals surface area contributed by atoms with E-state index < -0.39 is 6.04 Å². The molecule has 3 atom stereocenters. The van der Waals surface area contributed by atoms with Crippen LogP contribution in [0, 0.1) is 0 Å². The summed E-state index contributed by atoms with van der Waals surface area (Å²) in [5.41, 5.74) is 2.30. The lowest BCUT2D eigenvalue weighted by Crippen LogP contribution is -2.49. The zero-order chi connectivity index (χ0) is 26.5. The van der Waals surface area contributed by atoms with Crippen LogP contribution in [0.25, 0.3) is 0 Å². The molecule has 0 radical (unpaired) electrons. The molecular formula is C31H32N2O5. The first-order valence-electron chi connectivity index (χ1n) is 12.9. The normalized spacial score (nSPS) is 22.6. The highest BCUT2D eigenvalue weighted by atomic mass is 16.7. The Morgan fingerprint density at radius 2 is 1.61 bits per heavy atom. The van der Waals surface area contributed by atoms with E-state index in [9.17, 15) is 9.59 Å². The number of hydrogen-bond donors (Lipinski definition) is 1. The number of benzene rings is 3. The first-order valence-corrected chi connectivity index (χ1v) is 12.9. The van der Waals surface area contributed by atoms with Crippen molar-refractivity contribution in [2.45, 2.75) is 44.4 Å². The fraction of sp³-hybridized carbons (Fsp3) is 0.290. The molecule has 0 unspecified atom stereocenters. The van der Waals surface area contributed by atoms with E-state index in [2.05, 4.69) is 17.5 Å². The zero-order valence-corrected chi connectivity index (χ0v) is 21.6. The van der Waals surface area contributed by atoms with Crippen LogP contribution in [0.5, 0.6) is 17.2 Å². The second-order valence-corrected chi connectivity index (χ2v) is 9.66. The van der Waals surface area contributed by atoms with Crippen molar-refractivity contribution < 1.29 is 23.8 Å². The summed E-state index contributed by atoms with van der Waals surface area (Å²) in [6.07, 6.45) is 5.60. The molecule has 3 aromatic rings. The summed E-state index contributed by atoms with van der Waals surface area (Å²) in [5, 5.41) is 3.22. The lowest BCUT2D eigenvalue weighted by Gasteiger charge is -2.30. The van der Waals surface area contributed by atoms with Gasteiger partial charge in [0.15, 0.2) is 11.5 Å². The molecule has 196 valence electrons. The van der Waals surface area contributed by atoms with Gasteiger partial charge in [-0.1, -0.05) is 60.7 Å². The van der Waals surface area contributed by atoms with Crippen molar-refractivity contribution in [1.29, 1.82) is 0 Å². The van der Waals surface area contributed by atoms with Gasteiger partial charge < -0.3 is 24.4 Å². The fourth-order valence-corrected chi connectivity index (χ4v) is 4.78. The molecule has 2 aliphatic rings. The van der Waals surface area contributed by atoms with Gasteiger partial charge in [-0.15, -0.1) is 0 Å². The quantitative estimate of drug-likeness (QED) is 0.496. The van der Waals surface area contributed by atoms with Crippen LogP contribution in [0.15, 0.2) is 84.9 Å². The molecular weight excluding hydrogens is 480 g/mol. The third kappa shape index (κ3) is 5.67. The lowest BCUT2D eigenvalue weighted by molar-refractivity contribution is -0.126. The Kier molecular flexibility index (Phi) is 7.63. The van der Waals surface area contributed by atoms with Gasteiger partial charge in [-0.05, 0) is 48.7 Å². The first-order chi connectivity index (χ1) is 18.5. The van der Waals surface area contributed by atoms with Crippen molar-refractivity contribution in [3.05, 3.63) is 102 Å². The number of hydrogen-bond acceptors (Lipinski definition) is 5. The molecule has 0 spiro atoms. The SMILES string of the molecule is C[C@H]1C/C=C/C[C@H](c2ccc3c(c2)OCO3)NC(=O)[C@@H](Cc2ccccc2)N(C)C(=O)c2ccccc2O1. The summed E-state index contributed by atoms with van der Waals surface area (Å²) in [7, 11) is 1.68. The molecule has 0 fully saturated rings. The van der Waals surface area contributed by atoms with Gasteiger partial charge in [0, 0.05) is 19.9 Å². The summed E-state index contributed by atoms with van der Waals surface area (Å²) in [6.45, 7) is 2.16. The predicted molar refractivity (Wildman–Crippen MR) is 144 cm³/mol. The molecule has 5 rings (SSSR count). The van der Waals surface area contributed by atoms with Crippen LogP contribution in [0.2, 0.25) is 0 Å². The lowest BCUT2D eigenvalue weighted by atomic mass is 9.99. The van der Waals surface area contributed by atoms with E-state index in [1.807, 2.05) is 67.6 Å². The van der Waals surface area contributed by atoms with Gasteiger partial charge >= 0.3 is 0 Å². The molecule has 38 heavy (non-hydrogen) atoms. The highest BCUT2D eigenvalue weighted by Crippen LogP contribution is 2.35. The van der Waals surface area contributed by atoms with E-state index in [0.717, 1.165) is 11.1 Å². The predicted octanol–water partition coefficient (Wildman–Crippen LogP) is 5.07. The molecule has 7 heteroatoms. The summed E-state index contributed by atoms with van der Waals surface area (Å²) >= 11 is 0. The Morgan fingerprint density at radius 3 is 2.45 bits per heavy atom. The van der Waals surface area contributed by atoms with E-state index in [1.165, 1.54) is 4.90 Å².